The SMILES string of the molecule is CSNC(C)(C)c1ccc(CN)cc1. The van der Waals surface area contributed by atoms with Crippen LogP contribution in [0.25, 0.3) is 0 Å². The highest BCUT2D eigenvalue weighted by atomic mass is 32.2. The largest absolute Gasteiger partial charge is 0.326 e. The van der Waals surface area contributed by atoms with Gasteiger partial charge < -0.3 is 5.73 Å². The van der Waals surface area contributed by atoms with Crippen molar-refractivity contribution >= 4 is 11.9 Å². The zero-order valence-electron chi connectivity index (χ0n) is 9.00. The van der Waals surface area contributed by atoms with Gasteiger partial charge in [0.25, 0.3) is 0 Å². The summed E-state index contributed by atoms with van der Waals surface area (Å²) in [5.41, 5.74) is 8.01. The quantitative estimate of drug-likeness (QED) is 0.749. The van der Waals surface area contributed by atoms with Crippen molar-refractivity contribution in [1.82, 2.24) is 4.72 Å². The number of hydrogen-bond donors (Lipinski definition) is 2. The summed E-state index contributed by atoms with van der Waals surface area (Å²) in [6, 6.07) is 8.43. The van der Waals surface area contributed by atoms with E-state index in [1.807, 2.05) is 6.26 Å². The Kier molecular flexibility index (Phi) is 3.98. The van der Waals surface area contributed by atoms with Crippen molar-refractivity contribution in [1.29, 1.82) is 0 Å². The number of nitrogens with one attached hydrogen (secondary N) is 1. The molecule has 0 atom stereocenters. The van der Waals surface area contributed by atoms with Gasteiger partial charge in [0, 0.05) is 12.1 Å². The molecule has 0 fully saturated rings. The van der Waals surface area contributed by atoms with E-state index in [0.29, 0.717) is 6.54 Å². The van der Waals surface area contributed by atoms with E-state index >= 15 is 0 Å². The van der Waals surface area contributed by atoms with Crippen LogP contribution in [0.15, 0.2) is 24.3 Å². The Labute approximate surface area is 90.4 Å². The molecular weight excluding hydrogens is 192 g/mol. The van der Waals surface area contributed by atoms with E-state index in [1.165, 1.54) is 11.1 Å². The van der Waals surface area contributed by atoms with E-state index in [0.717, 1.165) is 0 Å². The van der Waals surface area contributed by atoms with Crippen LogP contribution in [0.1, 0.15) is 25.0 Å². The molecule has 0 unspecified atom stereocenters. The minimum Gasteiger partial charge on any atom is -0.326 e. The van der Waals surface area contributed by atoms with Gasteiger partial charge in [-0.25, -0.2) is 0 Å². The Morgan fingerprint density at radius 3 is 2.29 bits per heavy atom. The Balaban J connectivity index is 2.85. The fourth-order valence-corrected chi connectivity index (χ4v) is 2.00. The molecule has 0 saturated heterocycles. The van der Waals surface area contributed by atoms with Crippen LogP contribution < -0.4 is 10.5 Å². The first-order valence-corrected chi connectivity index (χ1v) is 5.92. The fourth-order valence-electron chi connectivity index (χ4n) is 1.37. The maximum Gasteiger partial charge on any atom is 0.0475 e. The fraction of sp³-hybridized carbons (Fsp3) is 0.455. The lowest BCUT2D eigenvalue weighted by molar-refractivity contribution is 0.510. The van der Waals surface area contributed by atoms with Gasteiger partial charge in [-0.2, -0.15) is 0 Å². The van der Waals surface area contributed by atoms with Crippen LogP contribution in [0.3, 0.4) is 0 Å². The summed E-state index contributed by atoms with van der Waals surface area (Å²) in [5.74, 6) is 0. The summed E-state index contributed by atoms with van der Waals surface area (Å²) < 4.78 is 3.36. The topological polar surface area (TPSA) is 38.0 Å². The minimum absolute atomic E-state index is 0.00649. The molecule has 3 heteroatoms. The molecule has 0 aliphatic rings. The van der Waals surface area contributed by atoms with Crippen molar-refractivity contribution < 1.29 is 0 Å². The van der Waals surface area contributed by atoms with Crippen molar-refractivity contribution in [2.75, 3.05) is 6.26 Å². The molecule has 78 valence electrons. The third-order valence-electron chi connectivity index (χ3n) is 2.27. The molecule has 0 aliphatic carbocycles. The van der Waals surface area contributed by atoms with E-state index in [1.54, 1.807) is 11.9 Å². The predicted octanol–water partition coefficient (Wildman–Crippen LogP) is 2.25. The summed E-state index contributed by atoms with van der Waals surface area (Å²) in [6.45, 7) is 4.94. The van der Waals surface area contributed by atoms with Gasteiger partial charge in [-0.3, -0.25) is 4.72 Å². The van der Waals surface area contributed by atoms with Gasteiger partial charge in [0.1, 0.15) is 0 Å². The van der Waals surface area contributed by atoms with Crippen molar-refractivity contribution in [3.8, 4) is 0 Å². The molecule has 0 saturated carbocycles. The van der Waals surface area contributed by atoms with Crippen molar-refractivity contribution in [2.24, 2.45) is 5.73 Å². The Hall–Kier alpha value is -0.510. The Bertz CT molecular complexity index is 280. The summed E-state index contributed by atoms with van der Waals surface area (Å²) >= 11 is 1.64. The smallest absolute Gasteiger partial charge is 0.0475 e. The van der Waals surface area contributed by atoms with Crippen LogP contribution >= 0.6 is 11.9 Å². The summed E-state index contributed by atoms with van der Waals surface area (Å²) in [5, 5.41) is 0. The highest BCUT2D eigenvalue weighted by Crippen LogP contribution is 2.22. The summed E-state index contributed by atoms with van der Waals surface area (Å²) in [4.78, 5) is 0. The minimum atomic E-state index is 0.00649. The second-order valence-corrected chi connectivity index (χ2v) is 4.44. The van der Waals surface area contributed by atoms with Crippen LogP contribution in [-0.4, -0.2) is 6.26 Å². The maximum absolute atomic E-state index is 5.55. The van der Waals surface area contributed by atoms with Gasteiger partial charge in [0.05, 0.1) is 0 Å². The first kappa shape index (κ1) is 11.6. The summed E-state index contributed by atoms with van der Waals surface area (Å²) in [6.07, 6.45) is 2.04. The second-order valence-electron chi connectivity index (χ2n) is 3.83. The van der Waals surface area contributed by atoms with E-state index in [-0.39, 0.29) is 5.54 Å². The van der Waals surface area contributed by atoms with Crippen molar-refractivity contribution in [3.63, 3.8) is 0 Å². The lowest BCUT2D eigenvalue weighted by Gasteiger charge is -2.25. The molecule has 0 amide bonds. The second kappa shape index (κ2) is 4.82. The van der Waals surface area contributed by atoms with Crippen LogP contribution in [-0.2, 0) is 12.1 Å². The average molecular weight is 210 g/mol. The predicted molar refractivity (Wildman–Crippen MR) is 64.0 cm³/mol. The molecule has 14 heavy (non-hydrogen) atoms. The third kappa shape index (κ3) is 2.74. The van der Waals surface area contributed by atoms with E-state index in [4.69, 9.17) is 5.73 Å². The average Bonchev–Trinajstić information content (AvgIpc) is 2.18. The first-order chi connectivity index (χ1) is 6.60. The monoisotopic (exact) mass is 210 g/mol. The molecule has 0 radical (unpaired) electrons. The molecular formula is C11H18N2S. The molecule has 0 spiro atoms. The number of benzene rings is 1. The number of nitrogens with two attached hydrogens (primary N) is 1. The van der Waals surface area contributed by atoms with Gasteiger partial charge in [0.2, 0.25) is 0 Å². The molecule has 1 aromatic rings. The van der Waals surface area contributed by atoms with Gasteiger partial charge in [0.15, 0.2) is 0 Å². The molecule has 2 nitrogen and oxygen atoms in total. The van der Waals surface area contributed by atoms with Crippen molar-refractivity contribution in [3.05, 3.63) is 35.4 Å². The van der Waals surface area contributed by atoms with Crippen LogP contribution in [0, 0.1) is 0 Å². The van der Waals surface area contributed by atoms with Crippen LogP contribution in [0.5, 0.6) is 0 Å². The van der Waals surface area contributed by atoms with Crippen LogP contribution in [0.4, 0.5) is 0 Å². The van der Waals surface area contributed by atoms with E-state index in [9.17, 15) is 0 Å². The highest BCUT2D eigenvalue weighted by Gasteiger charge is 2.18. The standard InChI is InChI=1S/C11H18N2S/c1-11(2,13-14-3)10-6-4-9(8-12)5-7-10/h4-7,13H,8,12H2,1-3H3. The molecule has 1 aromatic carbocycles. The Morgan fingerprint density at radius 1 is 1.29 bits per heavy atom. The van der Waals surface area contributed by atoms with Gasteiger partial charge in [-0.1, -0.05) is 36.2 Å². The molecule has 0 heterocycles. The first-order valence-electron chi connectivity index (χ1n) is 4.70. The molecule has 0 bridgehead atoms. The lowest BCUT2D eigenvalue weighted by atomic mass is 9.95. The molecule has 3 N–H and O–H groups in total. The molecule has 1 rings (SSSR count). The zero-order chi connectivity index (χ0) is 10.6. The molecule has 0 aliphatic heterocycles. The highest BCUT2D eigenvalue weighted by molar-refractivity contribution is 7.96. The Morgan fingerprint density at radius 2 is 1.86 bits per heavy atom. The van der Waals surface area contributed by atoms with Gasteiger partial charge in [-0.15, -0.1) is 0 Å². The normalized spacial score (nSPS) is 11.7. The third-order valence-corrected chi connectivity index (χ3v) is 2.98. The van der Waals surface area contributed by atoms with E-state index in [2.05, 4.69) is 42.8 Å². The number of hydrogen-bond acceptors (Lipinski definition) is 3. The van der Waals surface area contributed by atoms with E-state index < -0.39 is 0 Å². The number of rotatable bonds is 4. The van der Waals surface area contributed by atoms with Gasteiger partial charge in [-0.05, 0) is 31.2 Å². The lowest BCUT2D eigenvalue weighted by Crippen LogP contribution is -2.31. The summed E-state index contributed by atoms with van der Waals surface area (Å²) in [7, 11) is 0. The zero-order valence-corrected chi connectivity index (χ0v) is 9.82. The maximum atomic E-state index is 5.55. The molecule has 0 aromatic heterocycles. The van der Waals surface area contributed by atoms with Gasteiger partial charge >= 0.3 is 0 Å². The van der Waals surface area contributed by atoms with Crippen LogP contribution in [0.2, 0.25) is 0 Å². The van der Waals surface area contributed by atoms with Crippen molar-refractivity contribution in [2.45, 2.75) is 25.9 Å².